The number of carbonyl (C=O) groups excluding carboxylic acids is 1. The van der Waals surface area contributed by atoms with Crippen molar-refractivity contribution in [1.82, 2.24) is 14.5 Å². The van der Waals surface area contributed by atoms with Gasteiger partial charge in [-0.2, -0.15) is 4.72 Å². The number of hydrogen-bond acceptors (Lipinski definition) is 4. The lowest BCUT2D eigenvalue weighted by atomic mass is 10.1. The Hall–Kier alpha value is -2.44. The van der Waals surface area contributed by atoms with Gasteiger partial charge in [0.1, 0.15) is 5.82 Å². The molecule has 1 amide bonds. The van der Waals surface area contributed by atoms with Crippen molar-refractivity contribution in [3.63, 3.8) is 0 Å². The van der Waals surface area contributed by atoms with E-state index in [2.05, 4.69) is 15.5 Å². The first kappa shape index (κ1) is 22.2. The molecule has 1 fully saturated rings. The Morgan fingerprint density at radius 3 is 2.40 bits per heavy atom. The predicted molar refractivity (Wildman–Crippen MR) is 113 cm³/mol. The van der Waals surface area contributed by atoms with E-state index in [0.29, 0.717) is 43.3 Å². The standard InChI is InChI=1S/C21H21ClFN3O3S/c1-2-9-24-30(28,29)19-7-4-16(5-8-19)21(27)26-12-10-25(11-13-26)15-17-3-6-18(23)14-20(17)22/h1,3-8,14,24H,9-13,15H2. The van der Waals surface area contributed by atoms with Gasteiger partial charge in [-0.05, 0) is 42.0 Å². The Morgan fingerprint density at radius 2 is 1.80 bits per heavy atom. The summed E-state index contributed by atoms with van der Waals surface area (Å²) in [5.74, 6) is 1.68. The van der Waals surface area contributed by atoms with Gasteiger partial charge in [0.25, 0.3) is 5.91 Å². The van der Waals surface area contributed by atoms with Crippen molar-refractivity contribution < 1.29 is 17.6 Å². The van der Waals surface area contributed by atoms with E-state index in [-0.39, 0.29) is 23.2 Å². The summed E-state index contributed by atoms with van der Waals surface area (Å²) in [6, 6.07) is 10.1. The maximum Gasteiger partial charge on any atom is 0.253 e. The number of terminal acetylenes is 1. The molecule has 9 heteroatoms. The van der Waals surface area contributed by atoms with E-state index in [1.165, 1.54) is 36.4 Å². The zero-order valence-electron chi connectivity index (χ0n) is 16.1. The topological polar surface area (TPSA) is 69.7 Å². The van der Waals surface area contributed by atoms with Crippen molar-refractivity contribution in [2.45, 2.75) is 11.4 Å². The lowest BCUT2D eigenvalue weighted by Gasteiger charge is -2.35. The van der Waals surface area contributed by atoms with E-state index in [1.807, 2.05) is 0 Å². The first-order chi connectivity index (χ1) is 14.3. The zero-order valence-corrected chi connectivity index (χ0v) is 17.7. The van der Waals surface area contributed by atoms with Gasteiger partial charge in [0.15, 0.2) is 0 Å². The van der Waals surface area contributed by atoms with Crippen LogP contribution in [0.2, 0.25) is 5.02 Å². The van der Waals surface area contributed by atoms with Gasteiger partial charge in [-0.25, -0.2) is 12.8 Å². The molecular weight excluding hydrogens is 429 g/mol. The molecule has 0 bridgehead atoms. The van der Waals surface area contributed by atoms with Gasteiger partial charge < -0.3 is 4.90 Å². The highest BCUT2D eigenvalue weighted by molar-refractivity contribution is 7.89. The molecule has 2 aromatic carbocycles. The zero-order chi connectivity index (χ0) is 21.7. The average Bonchev–Trinajstić information content (AvgIpc) is 2.74. The summed E-state index contributed by atoms with van der Waals surface area (Å²) < 4.78 is 39.6. The van der Waals surface area contributed by atoms with E-state index in [4.69, 9.17) is 18.0 Å². The van der Waals surface area contributed by atoms with Crippen LogP contribution in [-0.4, -0.2) is 56.8 Å². The Morgan fingerprint density at radius 1 is 1.13 bits per heavy atom. The third-order valence-electron chi connectivity index (χ3n) is 4.84. The van der Waals surface area contributed by atoms with Gasteiger partial charge in [-0.1, -0.05) is 23.6 Å². The summed E-state index contributed by atoms with van der Waals surface area (Å²) in [6.45, 7) is 2.85. The van der Waals surface area contributed by atoms with E-state index in [0.717, 1.165) is 5.56 Å². The summed E-state index contributed by atoms with van der Waals surface area (Å²) in [4.78, 5) is 16.7. The van der Waals surface area contributed by atoms with Crippen LogP contribution in [0.3, 0.4) is 0 Å². The van der Waals surface area contributed by atoms with Gasteiger partial charge in [-0.3, -0.25) is 9.69 Å². The van der Waals surface area contributed by atoms with Crippen LogP contribution in [-0.2, 0) is 16.6 Å². The largest absolute Gasteiger partial charge is 0.336 e. The van der Waals surface area contributed by atoms with Crippen LogP contribution in [0.25, 0.3) is 0 Å². The molecule has 3 rings (SSSR count). The third-order valence-corrected chi connectivity index (χ3v) is 6.61. The summed E-state index contributed by atoms with van der Waals surface area (Å²) in [7, 11) is -3.69. The minimum Gasteiger partial charge on any atom is -0.336 e. The van der Waals surface area contributed by atoms with Gasteiger partial charge in [0, 0.05) is 43.3 Å². The number of nitrogens with zero attached hydrogens (tertiary/aromatic N) is 2. The SMILES string of the molecule is C#CCNS(=O)(=O)c1ccc(C(=O)N2CCN(Cc3ccc(F)cc3Cl)CC2)cc1. The lowest BCUT2D eigenvalue weighted by Crippen LogP contribution is -2.48. The molecule has 0 spiro atoms. The van der Waals surface area contributed by atoms with Crippen molar-refractivity contribution in [2.24, 2.45) is 0 Å². The van der Waals surface area contributed by atoms with Gasteiger partial charge >= 0.3 is 0 Å². The maximum atomic E-state index is 13.2. The Balaban J connectivity index is 1.58. The molecule has 1 heterocycles. The Labute approximate surface area is 180 Å². The maximum absolute atomic E-state index is 13.2. The highest BCUT2D eigenvalue weighted by Gasteiger charge is 2.23. The highest BCUT2D eigenvalue weighted by Crippen LogP contribution is 2.20. The minimum absolute atomic E-state index is 0.0512. The number of benzene rings is 2. The predicted octanol–water partition coefficient (Wildman–Crippen LogP) is 2.35. The van der Waals surface area contributed by atoms with E-state index in [9.17, 15) is 17.6 Å². The molecule has 2 aromatic rings. The van der Waals surface area contributed by atoms with Crippen LogP contribution in [0.1, 0.15) is 15.9 Å². The molecule has 0 saturated carbocycles. The molecule has 1 saturated heterocycles. The Bertz CT molecular complexity index is 1060. The van der Waals surface area contributed by atoms with Gasteiger partial charge in [-0.15, -0.1) is 6.42 Å². The van der Waals surface area contributed by atoms with Crippen molar-refractivity contribution in [1.29, 1.82) is 0 Å². The molecule has 1 aliphatic rings. The van der Waals surface area contributed by atoms with Crippen LogP contribution < -0.4 is 4.72 Å². The van der Waals surface area contributed by atoms with Crippen molar-refractivity contribution in [3.8, 4) is 12.3 Å². The number of piperazine rings is 1. The molecule has 1 aliphatic heterocycles. The molecule has 30 heavy (non-hydrogen) atoms. The molecule has 0 aromatic heterocycles. The average molecular weight is 450 g/mol. The van der Waals surface area contributed by atoms with Crippen LogP contribution >= 0.6 is 11.6 Å². The van der Waals surface area contributed by atoms with Crippen LogP contribution in [0.4, 0.5) is 4.39 Å². The molecule has 6 nitrogen and oxygen atoms in total. The second-order valence-corrected chi connectivity index (χ2v) is 9.03. The Kier molecular flexibility index (Phi) is 7.10. The smallest absolute Gasteiger partial charge is 0.253 e. The quantitative estimate of drug-likeness (QED) is 0.687. The van der Waals surface area contributed by atoms with Crippen molar-refractivity contribution in [3.05, 3.63) is 64.4 Å². The molecule has 0 aliphatic carbocycles. The highest BCUT2D eigenvalue weighted by atomic mass is 35.5. The number of sulfonamides is 1. The first-order valence-corrected chi connectivity index (χ1v) is 11.1. The summed E-state index contributed by atoms with van der Waals surface area (Å²) in [5, 5.41) is 0.389. The molecule has 158 valence electrons. The first-order valence-electron chi connectivity index (χ1n) is 9.29. The monoisotopic (exact) mass is 449 g/mol. The van der Waals surface area contributed by atoms with Crippen molar-refractivity contribution >= 4 is 27.5 Å². The fourth-order valence-corrected chi connectivity index (χ4v) is 4.34. The van der Waals surface area contributed by atoms with Gasteiger partial charge in [0.2, 0.25) is 10.0 Å². The fraction of sp³-hybridized carbons (Fsp3) is 0.286. The summed E-state index contributed by atoms with van der Waals surface area (Å²) in [5.41, 5.74) is 1.26. The molecular formula is C21H21ClFN3O3S. The normalized spacial score (nSPS) is 15.0. The van der Waals surface area contributed by atoms with Crippen LogP contribution in [0.5, 0.6) is 0 Å². The summed E-state index contributed by atoms with van der Waals surface area (Å²) >= 11 is 6.09. The third kappa shape index (κ3) is 5.37. The number of halogens is 2. The second kappa shape index (κ2) is 9.58. The number of amides is 1. The fourth-order valence-electron chi connectivity index (χ4n) is 3.18. The number of nitrogens with one attached hydrogen (secondary N) is 1. The lowest BCUT2D eigenvalue weighted by molar-refractivity contribution is 0.0628. The van der Waals surface area contributed by atoms with Crippen molar-refractivity contribution in [2.75, 3.05) is 32.7 Å². The molecule has 1 N–H and O–H groups in total. The minimum atomic E-state index is -3.69. The van der Waals surface area contributed by atoms with Gasteiger partial charge in [0.05, 0.1) is 11.4 Å². The van der Waals surface area contributed by atoms with Crippen LogP contribution in [0.15, 0.2) is 47.4 Å². The molecule has 0 unspecified atom stereocenters. The molecule has 0 radical (unpaired) electrons. The summed E-state index contributed by atoms with van der Waals surface area (Å²) in [6.07, 6.45) is 5.07. The second-order valence-electron chi connectivity index (χ2n) is 6.86. The number of rotatable bonds is 6. The van der Waals surface area contributed by atoms with E-state index in [1.54, 1.807) is 11.0 Å². The van der Waals surface area contributed by atoms with E-state index >= 15 is 0 Å². The number of hydrogen-bond donors (Lipinski definition) is 1. The molecule has 0 atom stereocenters. The van der Waals surface area contributed by atoms with E-state index < -0.39 is 10.0 Å². The van der Waals surface area contributed by atoms with Crippen LogP contribution in [0, 0.1) is 18.2 Å². The number of carbonyl (C=O) groups is 1.